The Labute approximate surface area is 149 Å². The van der Waals surface area contributed by atoms with Gasteiger partial charge in [0.15, 0.2) is 0 Å². The normalized spacial score (nSPS) is 20.2. The van der Waals surface area contributed by atoms with Crippen molar-refractivity contribution in [3.63, 3.8) is 0 Å². The third kappa shape index (κ3) is 3.05. The second-order valence-electron chi connectivity index (χ2n) is 6.64. The van der Waals surface area contributed by atoms with E-state index < -0.39 is 0 Å². The fourth-order valence-corrected chi connectivity index (χ4v) is 3.78. The SMILES string of the molecule is CC(C)n1cnc2c(c1=O)C(Cc1cccc(Br)c1F)C(N)CC2. The van der Waals surface area contributed by atoms with Crippen molar-refractivity contribution in [1.82, 2.24) is 9.55 Å². The quantitative estimate of drug-likeness (QED) is 0.869. The molecule has 4 nitrogen and oxygen atoms in total. The summed E-state index contributed by atoms with van der Waals surface area (Å²) in [7, 11) is 0. The monoisotopic (exact) mass is 393 g/mol. The number of nitrogens with two attached hydrogens (primary N) is 1. The van der Waals surface area contributed by atoms with Crippen LogP contribution in [0.15, 0.2) is 33.8 Å². The Kier molecular flexibility index (Phi) is 4.88. The lowest BCUT2D eigenvalue weighted by Gasteiger charge is -2.31. The second kappa shape index (κ2) is 6.76. The van der Waals surface area contributed by atoms with Gasteiger partial charge in [0, 0.05) is 23.6 Å². The topological polar surface area (TPSA) is 60.9 Å². The zero-order chi connectivity index (χ0) is 17.4. The van der Waals surface area contributed by atoms with Crippen LogP contribution in [0.25, 0.3) is 0 Å². The van der Waals surface area contributed by atoms with Crippen LogP contribution < -0.4 is 11.3 Å². The molecule has 2 atom stereocenters. The van der Waals surface area contributed by atoms with E-state index in [4.69, 9.17) is 5.73 Å². The molecule has 0 radical (unpaired) electrons. The van der Waals surface area contributed by atoms with E-state index in [1.54, 1.807) is 29.1 Å². The number of fused-ring (bicyclic) bond motifs is 1. The summed E-state index contributed by atoms with van der Waals surface area (Å²) in [5.41, 5.74) is 8.29. The highest BCUT2D eigenvalue weighted by atomic mass is 79.9. The molecule has 3 rings (SSSR count). The minimum absolute atomic E-state index is 0.0247. The molecule has 2 N–H and O–H groups in total. The first kappa shape index (κ1) is 17.3. The standard InChI is InChI=1S/C18H21BrFN3O/c1-10(2)23-9-22-15-7-6-14(21)12(16(15)18(23)24)8-11-4-3-5-13(19)17(11)20/h3-5,9-10,12,14H,6-8,21H2,1-2H3. The molecule has 1 aliphatic carbocycles. The van der Waals surface area contributed by atoms with Crippen LogP contribution in [0.5, 0.6) is 0 Å². The van der Waals surface area contributed by atoms with Crippen LogP contribution in [0.2, 0.25) is 0 Å². The highest BCUT2D eigenvalue weighted by Gasteiger charge is 2.32. The molecule has 0 aliphatic heterocycles. The van der Waals surface area contributed by atoms with Crippen molar-refractivity contribution in [2.45, 2.75) is 51.1 Å². The number of rotatable bonds is 3. The maximum absolute atomic E-state index is 14.4. The van der Waals surface area contributed by atoms with Gasteiger partial charge >= 0.3 is 0 Å². The van der Waals surface area contributed by atoms with Gasteiger partial charge in [0.25, 0.3) is 5.56 Å². The van der Waals surface area contributed by atoms with Crippen LogP contribution in [-0.2, 0) is 12.8 Å². The molecule has 1 aromatic carbocycles. The number of nitrogens with zero attached hydrogens (tertiary/aromatic N) is 2. The molecule has 0 bridgehead atoms. The van der Waals surface area contributed by atoms with Crippen molar-refractivity contribution in [2.75, 3.05) is 0 Å². The van der Waals surface area contributed by atoms with Crippen LogP contribution in [0.1, 0.15) is 49.0 Å². The Hall–Kier alpha value is -1.53. The Morgan fingerprint density at radius 2 is 2.21 bits per heavy atom. The Balaban J connectivity index is 2.08. The van der Waals surface area contributed by atoms with Gasteiger partial charge in [-0.25, -0.2) is 9.37 Å². The summed E-state index contributed by atoms with van der Waals surface area (Å²) in [4.78, 5) is 17.4. The average molecular weight is 394 g/mol. The first-order valence-corrected chi connectivity index (χ1v) is 8.97. The van der Waals surface area contributed by atoms with Crippen LogP contribution in [-0.4, -0.2) is 15.6 Å². The smallest absolute Gasteiger partial charge is 0.257 e. The number of hydrogen-bond donors (Lipinski definition) is 1. The molecule has 0 fully saturated rings. The zero-order valence-corrected chi connectivity index (χ0v) is 15.4. The van der Waals surface area contributed by atoms with E-state index in [-0.39, 0.29) is 29.4 Å². The Morgan fingerprint density at radius 1 is 1.46 bits per heavy atom. The van der Waals surface area contributed by atoms with Gasteiger partial charge < -0.3 is 5.73 Å². The van der Waals surface area contributed by atoms with Crippen molar-refractivity contribution >= 4 is 15.9 Å². The van der Waals surface area contributed by atoms with Crippen LogP contribution >= 0.6 is 15.9 Å². The van der Waals surface area contributed by atoms with E-state index in [2.05, 4.69) is 20.9 Å². The molecule has 0 amide bonds. The van der Waals surface area contributed by atoms with Gasteiger partial charge in [-0.3, -0.25) is 9.36 Å². The molecular weight excluding hydrogens is 373 g/mol. The lowest BCUT2D eigenvalue weighted by atomic mass is 9.79. The maximum Gasteiger partial charge on any atom is 0.257 e. The molecule has 0 saturated carbocycles. The first-order chi connectivity index (χ1) is 11.4. The summed E-state index contributed by atoms with van der Waals surface area (Å²) < 4.78 is 16.4. The van der Waals surface area contributed by atoms with Gasteiger partial charge in [-0.2, -0.15) is 0 Å². The minimum Gasteiger partial charge on any atom is -0.327 e. The van der Waals surface area contributed by atoms with Crippen molar-refractivity contribution < 1.29 is 4.39 Å². The van der Waals surface area contributed by atoms with Gasteiger partial charge in [0.05, 0.1) is 16.5 Å². The molecule has 1 heterocycles. The van der Waals surface area contributed by atoms with Crippen LogP contribution in [0, 0.1) is 5.82 Å². The number of halogens is 2. The predicted octanol–water partition coefficient (Wildman–Crippen LogP) is 3.33. The maximum atomic E-state index is 14.4. The summed E-state index contributed by atoms with van der Waals surface area (Å²) >= 11 is 3.22. The average Bonchev–Trinajstić information content (AvgIpc) is 2.54. The lowest BCUT2D eigenvalue weighted by molar-refractivity contribution is 0.436. The highest BCUT2D eigenvalue weighted by Crippen LogP contribution is 2.32. The Bertz CT molecular complexity index is 818. The third-order valence-electron chi connectivity index (χ3n) is 4.74. The summed E-state index contributed by atoms with van der Waals surface area (Å²) in [6.07, 6.45) is 3.46. The summed E-state index contributed by atoms with van der Waals surface area (Å²) in [5, 5.41) is 0. The zero-order valence-electron chi connectivity index (χ0n) is 13.8. The Morgan fingerprint density at radius 3 is 2.92 bits per heavy atom. The second-order valence-corrected chi connectivity index (χ2v) is 7.49. The van der Waals surface area contributed by atoms with Crippen LogP contribution in [0.3, 0.4) is 0 Å². The van der Waals surface area contributed by atoms with Crippen molar-refractivity contribution in [1.29, 1.82) is 0 Å². The van der Waals surface area contributed by atoms with E-state index in [1.165, 1.54) is 0 Å². The van der Waals surface area contributed by atoms with Crippen molar-refractivity contribution in [3.8, 4) is 0 Å². The van der Waals surface area contributed by atoms with E-state index in [0.717, 1.165) is 12.1 Å². The molecule has 24 heavy (non-hydrogen) atoms. The molecule has 0 spiro atoms. The third-order valence-corrected chi connectivity index (χ3v) is 5.36. The summed E-state index contributed by atoms with van der Waals surface area (Å²) in [6.45, 7) is 3.89. The molecule has 128 valence electrons. The van der Waals surface area contributed by atoms with Gasteiger partial charge in [-0.05, 0) is 60.7 Å². The lowest BCUT2D eigenvalue weighted by Crippen LogP contribution is -2.41. The largest absolute Gasteiger partial charge is 0.327 e. The molecule has 6 heteroatoms. The number of benzene rings is 1. The molecule has 1 aliphatic rings. The van der Waals surface area contributed by atoms with Gasteiger partial charge in [0.2, 0.25) is 0 Å². The molecule has 2 aromatic rings. The molecule has 1 aromatic heterocycles. The predicted molar refractivity (Wildman–Crippen MR) is 95.7 cm³/mol. The van der Waals surface area contributed by atoms with E-state index >= 15 is 0 Å². The fraction of sp³-hybridized carbons (Fsp3) is 0.444. The molecule has 0 saturated heterocycles. The summed E-state index contributed by atoms with van der Waals surface area (Å²) in [6, 6.07) is 5.07. The van der Waals surface area contributed by atoms with E-state index in [9.17, 15) is 9.18 Å². The first-order valence-electron chi connectivity index (χ1n) is 8.18. The van der Waals surface area contributed by atoms with Gasteiger partial charge in [0.1, 0.15) is 5.82 Å². The minimum atomic E-state index is -0.287. The van der Waals surface area contributed by atoms with Gasteiger partial charge in [-0.15, -0.1) is 0 Å². The fourth-order valence-electron chi connectivity index (χ4n) is 3.37. The van der Waals surface area contributed by atoms with E-state index in [0.29, 0.717) is 28.4 Å². The van der Waals surface area contributed by atoms with Crippen molar-refractivity contribution in [3.05, 3.63) is 62.0 Å². The number of aromatic nitrogens is 2. The molecule has 2 unspecified atom stereocenters. The highest BCUT2D eigenvalue weighted by molar-refractivity contribution is 9.10. The van der Waals surface area contributed by atoms with Crippen molar-refractivity contribution in [2.24, 2.45) is 5.73 Å². The van der Waals surface area contributed by atoms with E-state index in [1.807, 2.05) is 13.8 Å². The van der Waals surface area contributed by atoms with Crippen LogP contribution in [0.4, 0.5) is 4.39 Å². The number of hydrogen-bond acceptors (Lipinski definition) is 3. The molecular formula is C18H21BrFN3O. The summed E-state index contributed by atoms with van der Waals surface area (Å²) in [5.74, 6) is -0.506. The van der Waals surface area contributed by atoms with Gasteiger partial charge in [-0.1, -0.05) is 12.1 Å². The number of aryl methyl sites for hydroxylation is 1.